The third-order valence-corrected chi connectivity index (χ3v) is 2.81. The normalized spacial score (nSPS) is 37.8. The number of rotatable bonds is 4. The highest BCUT2D eigenvalue weighted by Gasteiger charge is 2.47. The molecule has 0 saturated carbocycles. The van der Waals surface area contributed by atoms with Crippen LogP contribution in [0.2, 0.25) is 0 Å². The zero-order valence-electron chi connectivity index (χ0n) is 10.8. The zero-order chi connectivity index (χ0) is 13.0. The fourth-order valence-corrected chi connectivity index (χ4v) is 2.06. The van der Waals surface area contributed by atoms with Crippen LogP contribution in [-0.2, 0) is 28.5 Å². The van der Waals surface area contributed by atoms with E-state index in [9.17, 15) is 4.79 Å². The van der Waals surface area contributed by atoms with Crippen molar-refractivity contribution in [2.75, 3.05) is 21.3 Å². The molecule has 0 amide bonds. The van der Waals surface area contributed by atoms with Gasteiger partial charge in [-0.25, -0.2) is 0 Å². The highest BCUT2D eigenvalue weighted by molar-refractivity contribution is 5.66. The number of carbonyl (C=O) groups excluding carboxylic acids is 1. The van der Waals surface area contributed by atoms with Crippen molar-refractivity contribution in [3.63, 3.8) is 0 Å². The molecule has 0 aromatic heterocycles. The van der Waals surface area contributed by atoms with Crippen molar-refractivity contribution < 1.29 is 28.5 Å². The van der Waals surface area contributed by atoms with Crippen LogP contribution in [0.1, 0.15) is 13.8 Å². The van der Waals surface area contributed by atoms with Crippen LogP contribution in [0.4, 0.5) is 0 Å². The lowest BCUT2D eigenvalue weighted by molar-refractivity contribution is -0.297. The molecular formula is C11H20O6. The number of methoxy groups -OCH3 is 3. The molecule has 17 heavy (non-hydrogen) atoms. The molecule has 1 aliphatic rings. The molecular weight excluding hydrogens is 228 g/mol. The summed E-state index contributed by atoms with van der Waals surface area (Å²) >= 11 is 0. The first-order valence-electron chi connectivity index (χ1n) is 5.46. The molecule has 1 rings (SSSR count). The van der Waals surface area contributed by atoms with Crippen LogP contribution in [0.25, 0.3) is 0 Å². The van der Waals surface area contributed by atoms with Gasteiger partial charge < -0.3 is 23.7 Å². The van der Waals surface area contributed by atoms with Crippen molar-refractivity contribution in [2.24, 2.45) is 0 Å². The topological polar surface area (TPSA) is 63.2 Å². The molecule has 1 fully saturated rings. The number of esters is 1. The van der Waals surface area contributed by atoms with E-state index in [0.29, 0.717) is 0 Å². The Labute approximate surface area is 101 Å². The first-order valence-corrected chi connectivity index (χ1v) is 5.46. The predicted octanol–water partition coefficient (Wildman–Crippen LogP) is 0.339. The Bertz CT molecular complexity index is 256. The fourth-order valence-electron chi connectivity index (χ4n) is 2.06. The van der Waals surface area contributed by atoms with Crippen LogP contribution >= 0.6 is 0 Å². The molecule has 1 heterocycles. The summed E-state index contributed by atoms with van der Waals surface area (Å²) in [4.78, 5) is 11.1. The van der Waals surface area contributed by atoms with Gasteiger partial charge in [0.15, 0.2) is 12.4 Å². The largest absolute Gasteiger partial charge is 0.457 e. The van der Waals surface area contributed by atoms with E-state index in [1.807, 2.05) is 6.92 Å². The predicted molar refractivity (Wildman–Crippen MR) is 58.5 cm³/mol. The summed E-state index contributed by atoms with van der Waals surface area (Å²) in [5.41, 5.74) is 0. The summed E-state index contributed by atoms with van der Waals surface area (Å²) in [5, 5.41) is 0. The number of hydrogen-bond acceptors (Lipinski definition) is 6. The Balaban J connectivity index is 2.89. The molecule has 0 aromatic carbocycles. The van der Waals surface area contributed by atoms with Crippen LogP contribution in [0.3, 0.4) is 0 Å². The Kier molecular flexibility index (Phi) is 5.32. The van der Waals surface area contributed by atoms with E-state index < -0.39 is 18.5 Å². The van der Waals surface area contributed by atoms with Gasteiger partial charge in [0.25, 0.3) is 0 Å². The molecule has 0 unspecified atom stereocenters. The van der Waals surface area contributed by atoms with E-state index >= 15 is 0 Å². The van der Waals surface area contributed by atoms with Crippen molar-refractivity contribution in [1.82, 2.24) is 0 Å². The molecule has 100 valence electrons. The monoisotopic (exact) mass is 248 g/mol. The molecule has 6 nitrogen and oxygen atoms in total. The summed E-state index contributed by atoms with van der Waals surface area (Å²) in [6.45, 7) is 3.18. The molecule has 0 radical (unpaired) electrons. The van der Waals surface area contributed by atoms with Crippen molar-refractivity contribution in [3.8, 4) is 0 Å². The summed E-state index contributed by atoms with van der Waals surface area (Å²) in [6.07, 6.45) is -2.26. The molecule has 0 aliphatic carbocycles. The molecule has 0 N–H and O–H groups in total. The van der Waals surface area contributed by atoms with Gasteiger partial charge in [0.1, 0.15) is 12.2 Å². The summed E-state index contributed by atoms with van der Waals surface area (Å²) < 4.78 is 26.6. The van der Waals surface area contributed by atoms with Crippen molar-refractivity contribution in [1.29, 1.82) is 0 Å². The van der Waals surface area contributed by atoms with Crippen LogP contribution < -0.4 is 0 Å². The lowest BCUT2D eigenvalue weighted by Gasteiger charge is -2.43. The molecule has 0 spiro atoms. The average molecular weight is 248 g/mol. The Hall–Kier alpha value is -0.690. The summed E-state index contributed by atoms with van der Waals surface area (Å²) in [7, 11) is 4.57. The first-order chi connectivity index (χ1) is 8.04. The van der Waals surface area contributed by atoms with Gasteiger partial charge in [-0.2, -0.15) is 0 Å². The quantitative estimate of drug-likeness (QED) is 0.668. The van der Waals surface area contributed by atoms with Crippen molar-refractivity contribution in [2.45, 2.75) is 44.6 Å². The second-order valence-corrected chi connectivity index (χ2v) is 3.92. The Morgan fingerprint density at radius 1 is 1.00 bits per heavy atom. The van der Waals surface area contributed by atoms with Gasteiger partial charge in [0.05, 0.1) is 6.10 Å². The second kappa shape index (κ2) is 6.30. The fraction of sp³-hybridized carbons (Fsp3) is 0.909. The lowest BCUT2D eigenvalue weighted by Crippen LogP contribution is -2.59. The van der Waals surface area contributed by atoms with Gasteiger partial charge in [0.2, 0.25) is 0 Å². The van der Waals surface area contributed by atoms with Gasteiger partial charge in [-0.1, -0.05) is 0 Å². The maximum atomic E-state index is 11.1. The van der Waals surface area contributed by atoms with Crippen LogP contribution in [0.15, 0.2) is 0 Å². The maximum absolute atomic E-state index is 11.1. The first kappa shape index (κ1) is 14.4. The van der Waals surface area contributed by atoms with Gasteiger partial charge in [-0.05, 0) is 6.92 Å². The average Bonchev–Trinajstić information content (AvgIpc) is 2.28. The number of carbonyl (C=O) groups is 1. The molecule has 0 aromatic rings. The maximum Gasteiger partial charge on any atom is 0.303 e. The number of hydrogen-bond donors (Lipinski definition) is 0. The highest BCUT2D eigenvalue weighted by Crippen LogP contribution is 2.27. The van der Waals surface area contributed by atoms with Gasteiger partial charge >= 0.3 is 5.97 Å². The third-order valence-electron chi connectivity index (χ3n) is 2.81. The third kappa shape index (κ3) is 3.16. The van der Waals surface area contributed by atoms with E-state index in [-0.39, 0.29) is 18.2 Å². The van der Waals surface area contributed by atoms with E-state index in [4.69, 9.17) is 23.7 Å². The van der Waals surface area contributed by atoms with Crippen LogP contribution in [0.5, 0.6) is 0 Å². The minimum absolute atomic E-state index is 0.249. The van der Waals surface area contributed by atoms with E-state index in [1.54, 1.807) is 7.11 Å². The Morgan fingerprint density at radius 2 is 1.59 bits per heavy atom. The highest BCUT2D eigenvalue weighted by atomic mass is 16.7. The molecule has 0 bridgehead atoms. The van der Waals surface area contributed by atoms with Crippen molar-refractivity contribution >= 4 is 5.97 Å². The zero-order valence-corrected chi connectivity index (χ0v) is 10.8. The van der Waals surface area contributed by atoms with Crippen molar-refractivity contribution in [3.05, 3.63) is 0 Å². The SMILES string of the molecule is CO[C@H]1O[C@H](C)[C@@H](OC)[C@H](OC(C)=O)[C@@H]1OC. The van der Waals surface area contributed by atoms with E-state index in [1.165, 1.54) is 21.1 Å². The van der Waals surface area contributed by atoms with Gasteiger partial charge in [0, 0.05) is 28.3 Å². The smallest absolute Gasteiger partial charge is 0.303 e. The standard InChI is InChI=1S/C11H20O6/c1-6-8(13-3)9(17-7(2)12)10(14-4)11(15-5)16-6/h6,8-11H,1-5H3/t6-,8-,9+,10+,11+/m1/s1. The van der Waals surface area contributed by atoms with Crippen LogP contribution in [0, 0.1) is 0 Å². The molecule has 5 atom stereocenters. The van der Waals surface area contributed by atoms with E-state index in [0.717, 1.165) is 0 Å². The Morgan fingerprint density at radius 3 is 2.00 bits per heavy atom. The number of ether oxygens (including phenoxy) is 5. The minimum atomic E-state index is -0.578. The van der Waals surface area contributed by atoms with E-state index in [2.05, 4.69) is 0 Å². The molecule has 6 heteroatoms. The van der Waals surface area contributed by atoms with Gasteiger partial charge in [-0.15, -0.1) is 0 Å². The summed E-state index contributed by atoms with van der Waals surface area (Å²) in [5.74, 6) is -0.386. The summed E-state index contributed by atoms with van der Waals surface area (Å²) in [6, 6.07) is 0. The van der Waals surface area contributed by atoms with Crippen LogP contribution in [-0.4, -0.2) is 58.0 Å². The molecule has 1 saturated heterocycles. The molecule has 1 aliphatic heterocycles. The second-order valence-electron chi connectivity index (χ2n) is 3.92. The van der Waals surface area contributed by atoms with Gasteiger partial charge in [-0.3, -0.25) is 4.79 Å². The lowest BCUT2D eigenvalue weighted by atomic mass is 9.99. The minimum Gasteiger partial charge on any atom is -0.457 e.